The van der Waals surface area contributed by atoms with Gasteiger partial charge >= 0.3 is 6.18 Å². The van der Waals surface area contributed by atoms with E-state index in [0.29, 0.717) is 11.4 Å². The van der Waals surface area contributed by atoms with Crippen molar-refractivity contribution in [1.29, 1.82) is 0 Å². The zero-order chi connectivity index (χ0) is 12.5. The Morgan fingerprint density at radius 2 is 1.81 bits per heavy atom. The Hall–Kier alpha value is -1.53. The van der Waals surface area contributed by atoms with Gasteiger partial charge in [-0.3, -0.25) is 0 Å². The van der Waals surface area contributed by atoms with Crippen LogP contribution in [-0.2, 0) is 0 Å². The van der Waals surface area contributed by atoms with Gasteiger partial charge in [0.1, 0.15) is 24.0 Å². The van der Waals surface area contributed by atoms with E-state index in [4.69, 9.17) is 5.73 Å². The highest BCUT2D eigenvalue weighted by Crippen LogP contribution is 2.24. The topological polar surface area (TPSA) is 55.0 Å². The molecule has 4 nitrogen and oxygen atoms in total. The molecule has 1 aromatic heterocycles. The van der Waals surface area contributed by atoms with Crippen molar-refractivity contribution in [1.82, 2.24) is 9.97 Å². The monoisotopic (exact) mass is 234 g/mol. The number of hydrogen-bond donors (Lipinski definition) is 1. The van der Waals surface area contributed by atoms with Crippen LogP contribution in [0.25, 0.3) is 0 Å². The molecule has 90 valence electrons. The molecule has 0 spiro atoms. The lowest BCUT2D eigenvalue weighted by molar-refractivity contribution is -0.119. The summed E-state index contributed by atoms with van der Waals surface area (Å²) in [5, 5.41) is 0. The highest BCUT2D eigenvalue weighted by molar-refractivity contribution is 5.56. The Morgan fingerprint density at radius 3 is 2.31 bits per heavy atom. The number of rotatable bonds is 2. The average Bonchev–Trinajstić information content (AvgIpc) is 2.08. The first-order valence-corrected chi connectivity index (χ1v) is 4.59. The predicted molar refractivity (Wildman–Crippen MR) is 55.2 cm³/mol. The van der Waals surface area contributed by atoms with E-state index in [2.05, 4.69) is 9.97 Å². The predicted octanol–water partition coefficient (Wildman–Crippen LogP) is 1.67. The van der Waals surface area contributed by atoms with Gasteiger partial charge in [0.2, 0.25) is 0 Å². The van der Waals surface area contributed by atoms with E-state index in [1.807, 2.05) is 0 Å². The number of anilines is 2. The molecule has 0 radical (unpaired) electrons. The van der Waals surface area contributed by atoms with Gasteiger partial charge in [-0.15, -0.1) is 0 Å². The molecule has 1 aromatic rings. The minimum Gasteiger partial charge on any atom is -0.383 e. The van der Waals surface area contributed by atoms with Crippen LogP contribution in [0.3, 0.4) is 0 Å². The first kappa shape index (κ1) is 12.5. The molecule has 0 atom stereocenters. The molecule has 0 saturated carbocycles. The van der Waals surface area contributed by atoms with Gasteiger partial charge in [0.15, 0.2) is 0 Å². The molecule has 0 fully saturated rings. The number of nitrogen functional groups attached to an aromatic ring is 1. The molecule has 0 bridgehead atoms. The van der Waals surface area contributed by atoms with Crippen molar-refractivity contribution in [2.45, 2.75) is 20.0 Å². The minimum absolute atomic E-state index is 0.205. The lowest BCUT2D eigenvalue weighted by Crippen LogP contribution is -2.32. The second kappa shape index (κ2) is 4.15. The second-order valence-electron chi connectivity index (χ2n) is 3.58. The molecule has 1 rings (SSSR count). The fourth-order valence-corrected chi connectivity index (χ4v) is 1.35. The van der Waals surface area contributed by atoms with Crippen molar-refractivity contribution in [2.75, 3.05) is 24.2 Å². The normalized spacial score (nSPS) is 11.6. The maximum absolute atomic E-state index is 12.2. The van der Waals surface area contributed by atoms with E-state index in [0.717, 1.165) is 4.90 Å². The van der Waals surface area contributed by atoms with Crippen LogP contribution in [0.4, 0.5) is 24.8 Å². The highest BCUT2D eigenvalue weighted by Gasteiger charge is 2.30. The molecule has 0 aliphatic carbocycles. The molecule has 2 N–H and O–H groups in total. The third kappa shape index (κ3) is 2.98. The van der Waals surface area contributed by atoms with Gasteiger partial charge in [-0.05, 0) is 13.8 Å². The summed E-state index contributed by atoms with van der Waals surface area (Å²) in [6.07, 6.45) is -4.27. The summed E-state index contributed by atoms with van der Waals surface area (Å²) < 4.78 is 36.6. The number of nitrogens with zero attached hydrogens (tertiary/aromatic N) is 3. The summed E-state index contributed by atoms with van der Waals surface area (Å²) >= 11 is 0. The Labute approximate surface area is 91.3 Å². The molecule has 0 unspecified atom stereocenters. The van der Waals surface area contributed by atoms with Crippen LogP contribution in [-0.4, -0.2) is 29.7 Å². The van der Waals surface area contributed by atoms with E-state index < -0.39 is 12.7 Å². The maximum atomic E-state index is 12.2. The third-order valence-corrected chi connectivity index (χ3v) is 2.05. The van der Waals surface area contributed by atoms with Crippen LogP contribution in [0, 0.1) is 13.8 Å². The van der Waals surface area contributed by atoms with Gasteiger partial charge in [0.05, 0.1) is 0 Å². The number of aryl methyl sites for hydroxylation is 1. The van der Waals surface area contributed by atoms with Crippen LogP contribution in [0.1, 0.15) is 11.4 Å². The molecule has 1 heterocycles. The zero-order valence-electron chi connectivity index (χ0n) is 9.26. The average molecular weight is 234 g/mol. The Morgan fingerprint density at radius 1 is 1.25 bits per heavy atom. The SMILES string of the molecule is Cc1nc(N)c(C)c(N(C)CC(F)(F)F)n1. The molecule has 0 amide bonds. The van der Waals surface area contributed by atoms with Crippen LogP contribution in [0.5, 0.6) is 0 Å². The highest BCUT2D eigenvalue weighted by atomic mass is 19.4. The summed E-state index contributed by atoms with van der Waals surface area (Å²) in [6.45, 7) is 2.11. The molecule has 0 aliphatic heterocycles. The van der Waals surface area contributed by atoms with Gasteiger partial charge in [0, 0.05) is 12.6 Å². The molecule has 0 aliphatic rings. The molecule has 16 heavy (non-hydrogen) atoms. The Kier molecular flexibility index (Phi) is 3.25. The van der Waals surface area contributed by atoms with Gasteiger partial charge in [0.25, 0.3) is 0 Å². The quantitative estimate of drug-likeness (QED) is 0.845. The Balaban J connectivity index is 3.04. The molecule has 0 aromatic carbocycles. The van der Waals surface area contributed by atoms with Crippen molar-refractivity contribution >= 4 is 11.6 Å². The maximum Gasteiger partial charge on any atom is 0.405 e. The largest absolute Gasteiger partial charge is 0.405 e. The summed E-state index contributed by atoms with van der Waals surface area (Å²) in [5.74, 6) is 0.769. The fraction of sp³-hybridized carbons (Fsp3) is 0.556. The minimum atomic E-state index is -4.27. The van der Waals surface area contributed by atoms with Crippen LogP contribution in [0.15, 0.2) is 0 Å². The fourth-order valence-electron chi connectivity index (χ4n) is 1.35. The summed E-state index contributed by atoms with van der Waals surface area (Å²) in [7, 11) is 1.32. The molecular formula is C9H13F3N4. The summed E-state index contributed by atoms with van der Waals surface area (Å²) in [6, 6.07) is 0. The standard InChI is InChI=1S/C9H13F3N4/c1-5-7(13)14-6(2)15-8(5)16(3)4-9(10,11)12/h4H2,1-3H3,(H2,13,14,15). The molecule has 7 heteroatoms. The third-order valence-electron chi connectivity index (χ3n) is 2.05. The van der Waals surface area contributed by atoms with Crippen LogP contribution >= 0.6 is 0 Å². The van der Waals surface area contributed by atoms with Crippen LogP contribution < -0.4 is 10.6 Å². The summed E-state index contributed by atoms with van der Waals surface area (Å²) in [5.41, 5.74) is 6.02. The van der Waals surface area contributed by atoms with E-state index >= 15 is 0 Å². The van der Waals surface area contributed by atoms with E-state index in [1.54, 1.807) is 13.8 Å². The van der Waals surface area contributed by atoms with E-state index in [1.165, 1.54) is 7.05 Å². The first-order chi connectivity index (χ1) is 7.20. The summed E-state index contributed by atoms with van der Waals surface area (Å²) in [4.78, 5) is 8.84. The van der Waals surface area contributed by atoms with E-state index in [9.17, 15) is 13.2 Å². The first-order valence-electron chi connectivity index (χ1n) is 4.59. The van der Waals surface area contributed by atoms with Gasteiger partial charge in [-0.1, -0.05) is 0 Å². The van der Waals surface area contributed by atoms with Crippen molar-refractivity contribution in [3.05, 3.63) is 11.4 Å². The number of aromatic nitrogens is 2. The number of nitrogens with two attached hydrogens (primary N) is 1. The number of alkyl halides is 3. The smallest absolute Gasteiger partial charge is 0.383 e. The van der Waals surface area contributed by atoms with Gasteiger partial charge in [-0.25, -0.2) is 9.97 Å². The second-order valence-corrected chi connectivity index (χ2v) is 3.58. The lowest BCUT2D eigenvalue weighted by Gasteiger charge is -2.22. The molecular weight excluding hydrogens is 221 g/mol. The van der Waals surface area contributed by atoms with Crippen molar-refractivity contribution in [3.63, 3.8) is 0 Å². The number of halogens is 3. The van der Waals surface area contributed by atoms with Gasteiger partial charge < -0.3 is 10.6 Å². The lowest BCUT2D eigenvalue weighted by atomic mass is 10.3. The molecule has 0 saturated heterocycles. The van der Waals surface area contributed by atoms with Gasteiger partial charge in [-0.2, -0.15) is 13.2 Å². The van der Waals surface area contributed by atoms with Crippen molar-refractivity contribution < 1.29 is 13.2 Å². The zero-order valence-corrected chi connectivity index (χ0v) is 9.26. The van der Waals surface area contributed by atoms with E-state index in [-0.39, 0.29) is 11.6 Å². The Bertz CT molecular complexity index is 389. The number of hydrogen-bond acceptors (Lipinski definition) is 4. The van der Waals surface area contributed by atoms with Crippen LogP contribution in [0.2, 0.25) is 0 Å². The van der Waals surface area contributed by atoms with Crippen molar-refractivity contribution in [3.8, 4) is 0 Å². The van der Waals surface area contributed by atoms with Crippen molar-refractivity contribution in [2.24, 2.45) is 0 Å².